The van der Waals surface area contributed by atoms with E-state index in [-0.39, 0.29) is 51.2 Å². The molecule has 0 unspecified atom stereocenters. The number of phenols is 1. The van der Waals surface area contributed by atoms with Crippen molar-refractivity contribution in [3.8, 4) is 11.5 Å². The van der Waals surface area contributed by atoms with Crippen molar-refractivity contribution in [1.82, 2.24) is 0 Å². The Hall–Kier alpha value is -2.60. The molecule has 1 aromatic rings. The molecule has 1 saturated carbocycles. The van der Waals surface area contributed by atoms with Crippen LogP contribution < -0.4 is 4.74 Å². The summed E-state index contributed by atoms with van der Waals surface area (Å²) in [6.07, 6.45) is 8.04. The Morgan fingerprint density at radius 3 is 2.59 bits per heavy atom. The van der Waals surface area contributed by atoms with Gasteiger partial charge in [-0.2, -0.15) is 0 Å². The number of carbonyl (C=O) groups is 3. The zero-order chi connectivity index (χ0) is 24.2. The number of carboxylic acid groups (broad SMARTS) is 1. The second-order valence-corrected chi connectivity index (χ2v) is 9.17. The smallest absolute Gasteiger partial charge is 0.341 e. The second kappa shape index (κ2) is 10.3. The van der Waals surface area contributed by atoms with Crippen LogP contribution in [0.15, 0.2) is 23.8 Å². The molecule has 6 nitrogen and oxygen atoms in total. The third-order valence-electron chi connectivity index (χ3n) is 6.84. The van der Waals surface area contributed by atoms with Gasteiger partial charge in [-0.3, -0.25) is 9.59 Å². The average Bonchev–Trinajstić information content (AvgIpc) is 2.74. The molecule has 0 heterocycles. The van der Waals surface area contributed by atoms with E-state index < -0.39 is 12.6 Å². The van der Waals surface area contributed by atoms with E-state index in [0.29, 0.717) is 24.2 Å². The van der Waals surface area contributed by atoms with E-state index in [2.05, 4.69) is 19.9 Å². The van der Waals surface area contributed by atoms with Crippen molar-refractivity contribution in [3.05, 3.63) is 45.5 Å². The van der Waals surface area contributed by atoms with Crippen molar-refractivity contribution >= 4 is 29.6 Å². The highest BCUT2D eigenvalue weighted by Crippen LogP contribution is 2.45. The van der Waals surface area contributed by atoms with Crippen LogP contribution in [-0.2, 0) is 16.0 Å². The Morgan fingerprint density at radius 2 is 2.00 bits per heavy atom. The Labute approximate surface area is 193 Å². The molecule has 0 spiro atoms. The van der Waals surface area contributed by atoms with Gasteiger partial charge in [-0.1, -0.05) is 56.2 Å². The Balaban J connectivity index is 2.37. The Morgan fingerprint density at radius 1 is 1.34 bits per heavy atom. The van der Waals surface area contributed by atoms with E-state index >= 15 is 0 Å². The van der Waals surface area contributed by atoms with Gasteiger partial charge in [0.2, 0.25) is 0 Å². The van der Waals surface area contributed by atoms with Crippen molar-refractivity contribution in [3.63, 3.8) is 0 Å². The van der Waals surface area contributed by atoms with Crippen LogP contribution in [0.1, 0.15) is 62.0 Å². The quantitative estimate of drug-likeness (QED) is 0.400. The molecule has 1 aliphatic carbocycles. The summed E-state index contributed by atoms with van der Waals surface area (Å²) in [4.78, 5) is 34.7. The molecular weight excluding hydrogens is 432 g/mol. The van der Waals surface area contributed by atoms with E-state index in [1.165, 1.54) is 0 Å². The molecule has 0 bridgehead atoms. The maximum atomic E-state index is 12.2. The van der Waals surface area contributed by atoms with Crippen molar-refractivity contribution in [2.75, 3.05) is 6.61 Å². The molecule has 2 N–H and O–H groups in total. The van der Waals surface area contributed by atoms with E-state index in [1.54, 1.807) is 6.92 Å². The van der Waals surface area contributed by atoms with Crippen LogP contribution in [0.25, 0.3) is 0 Å². The fourth-order valence-electron chi connectivity index (χ4n) is 4.10. The number of aromatic hydroxyl groups is 1. The van der Waals surface area contributed by atoms with Crippen LogP contribution in [0.4, 0.5) is 0 Å². The predicted molar refractivity (Wildman–Crippen MR) is 124 cm³/mol. The number of allylic oxidation sites excluding steroid dienone is 4. The van der Waals surface area contributed by atoms with E-state index in [0.717, 1.165) is 12.0 Å². The summed E-state index contributed by atoms with van der Waals surface area (Å²) in [7, 11) is 0. The van der Waals surface area contributed by atoms with Crippen LogP contribution >= 0.6 is 11.6 Å². The summed E-state index contributed by atoms with van der Waals surface area (Å²) in [6, 6.07) is 0. The molecule has 1 aliphatic rings. The first-order chi connectivity index (χ1) is 14.9. The monoisotopic (exact) mass is 462 g/mol. The van der Waals surface area contributed by atoms with Crippen LogP contribution in [0.5, 0.6) is 11.5 Å². The predicted octanol–water partition coefficient (Wildman–Crippen LogP) is 5.32. The van der Waals surface area contributed by atoms with Crippen molar-refractivity contribution < 1.29 is 29.3 Å². The highest BCUT2D eigenvalue weighted by Gasteiger charge is 2.41. The molecule has 1 aromatic carbocycles. The molecule has 3 atom stereocenters. The number of hydrogen-bond donors (Lipinski definition) is 2. The van der Waals surface area contributed by atoms with Gasteiger partial charge in [-0.05, 0) is 43.6 Å². The van der Waals surface area contributed by atoms with E-state index in [4.69, 9.17) is 21.4 Å². The average molecular weight is 463 g/mol. The molecule has 32 heavy (non-hydrogen) atoms. The van der Waals surface area contributed by atoms with Crippen LogP contribution in [0.2, 0.25) is 5.02 Å². The number of carboxylic acids is 1. The lowest BCUT2D eigenvalue weighted by Crippen LogP contribution is -2.40. The highest BCUT2D eigenvalue weighted by atomic mass is 35.5. The molecule has 0 amide bonds. The molecular formula is C25H31ClO6. The summed E-state index contributed by atoms with van der Waals surface area (Å²) < 4.78 is 5.34. The number of ether oxygens (including phenoxy) is 1. The Bertz CT molecular complexity index is 977. The fraction of sp³-hybridized carbons (Fsp3) is 0.480. The van der Waals surface area contributed by atoms with Gasteiger partial charge in [-0.25, -0.2) is 4.79 Å². The van der Waals surface area contributed by atoms with Gasteiger partial charge in [-0.15, -0.1) is 0 Å². The molecule has 0 radical (unpaired) electrons. The SMILES string of the molecule is CC(C=C[C@@]1(C)[C@H](C)CCC(=O)[C@@H]1C)=CCc1c(O)c(C=O)c(C)c(Cl)c1OCC(=O)O. The number of aldehydes is 1. The van der Waals surface area contributed by atoms with Gasteiger partial charge in [0.1, 0.15) is 17.3 Å². The first-order valence-corrected chi connectivity index (χ1v) is 11.0. The van der Waals surface area contributed by atoms with Gasteiger partial charge in [0.05, 0.1) is 10.6 Å². The molecule has 7 heteroatoms. The molecule has 0 aromatic heterocycles. The minimum Gasteiger partial charge on any atom is -0.507 e. The van der Waals surface area contributed by atoms with Crippen LogP contribution in [-0.4, -0.2) is 34.9 Å². The molecule has 174 valence electrons. The lowest BCUT2D eigenvalue weighted by molar-refractivity contribution is -0.139. The zero-order valence-electron chi connectivity index (χ0n) is 19.2. The maximum absolute atomic E-state index is 12.2. The fourth-order valence-corrected chi connectivity index (χ4v) is 4.37. The van der Waals surface area contributed by atoms with Gasteiger partial charge in [0.15, 0.2) is 12.9 Å². The van der Waals surface area contributed by atoms with Crippen LogP contribution in [0.3, 0.4) is 0 Å². The third kappa shape index (κ3) is 5.23. The summed E-state index contributed by atoms with van der Waals surface area (Å²) in [5.41, 5.74) is 1.25. The normalized spacial score (nSPS) is 24.1. The first kappa shape index (κ1) is 25.7. The summed E-state index contributed by atoms with van der Waals surface area (Å²) in [6.45, 7) is 9.05. The van der Waals surface area contributed by atoms with E-state index in [1.807, 2.05) is 26.0 Å². The van der Waals surface area contributed by atoms with E-state index in [9.17, 15) is 19.5 Å². The Kier molecular flexibility index (Phi) is 8.29. The lowest BCUT2D eigenvalue weighted by Gasteiger charge is -2.42. The number of Topliss-reactive ketones (excluding diaryl/α,β-unsaturated/α-hetero) is 1. The number of halogens is 1. The van der Waals surface area contributed by atoms with Gasteiger partial charge in [0.25, 0.3) is 0 Å². The van der Waals surface area contributed by atoms with Crippen molar-refractivity contribution in [2.45, 2.75) is 53.9 Å². The summed E-state index contributed by atoms with van der Waals surface area (Å²) in [5.74, 6) is -0.835. The second-order valence-electron chi connectivity index (χ2n) is 8.79. The molecule has 0 aliphatic heterocycles. The number of hydrogen-bond acceptors (Lipinski definition) is 5. The minimum absolute atomic E-state index is 0.0464. The standard InChI is InChI=1S/C25H31ClO6/c1-14(10-11-25(5)15(2)7-9-20(28)17(25)4)6-8-18-23(31)19(12-27)16(3)22(26)24(18)32-13-21(29)30/h6,10-12,15,17,31H,7-9,13H2,1-5H3,(H,29,30)/t15-,17+,25+/m1/s1. The highest BCUT2D eigenvalue weighted by molar-refractivity contribution is 6.33. The number of ketones is 1. The number of carbonyl (C=O) groups excluding carboxylic acids is 2. The summed E-state index contributed by atoms with van der Waals surface area (Å²) >= 11 is 6.33. The minimum atomic E-state index is -1.18. The third-order valence-corrected chi connectivity index (χ3v) is 7.30. The largest absolute Gasteiger partial charge is 0.507 e. The topological polar surface area (TPSA) is 101 Å². The number of aliphatic carboxylic acids is 1. The first-order valence-electron chi connectivity index (χ1n) is 10.7. The van der Waals surface area contributed by atoms with Crippen molar-refractivity contribution in [1.29, 1.82) is 0 Å². The van der Waals surface area contributed by atoms with Crippen molar-refractivity contribution in [2.24, 2.45) is 17.3 Å². The maximum Gasteiger partial charge on any atom is 0.341 e. The molecule has 1 fully saturated rings. The lowest BCUT2D eigenvalue weighted by atomic mass is 9.61. The van der Waals surface area contributed by atoms with Gasteiger partial charge < -0.3 is 14.9 Å². The van der Waals surface area contributed by atoms with Crippen LogP contribution in [0, 0.1) is 24.2 Å². The summed E-state index contributed by atoms with van der Waals surface area (Å²) in [5, 5.41) is 19.7. The number of benzene rings is 1. The number of rotatable bonds is 8. The van der Waals surface area contributed by atoms with Gasteiger partial charge >= 0.3 is 5.97 Å². The zero-order valence-corrected chi connectivity index (χ0v) is 20.0. The number of phenolic OH excluding ortho intramolecular Hbond substituents is 1. The molecule has 2 rings (SSSR count). The molecule has 0 saturated heterocycles. The van der Waals surface area contributed by atoms with Gasteiger partial charge in [0, 0.05) is 17.9 Å².